The summed E-state index contributed by atoms with van der Waals surface area (Å²) in [4.78, 5) is 44.5. The number of rotatable bonds is 7. The summed E-state index contributed by atoms with van der Waals surface area (Å²) >= 11 is 6.47. The zero-order valence-corrected chi connectivity index (χ0v) is 21.5. The number of nitrogens with zero attached hydrogens (tertiary/aromatic N) is 1. The number of anilines is 1. The Morgan fingerprint density at radius 2 is 1.67 bits per heavy atom. The predicted octanol–water partition coefficient (Wildman–Crippen LogP) is 4.89. The Hall–Kier alpha value is -5.09. The molecule has 10 nitrogen and oxygen atoms in total. The number of fused-ring (bicyclic) bond motifs is 2. The Morgan fingerprint density at radius 1 is 0.923 bits per heavy atom. The molecule has 3 aromatic carbocycles. The van der Waals surface area contributed by atoms with E-state index in [4.69, 9.17) is 31.5 Å². The number of halogens is 1. The highest BCUT2D eigenvalue weighted by Crippen LogP contribution is 2.35. The summed E-state index contributed by atoms with van der Waals surface area (Å²) in [5.41, 5.74) is 7.02. The summed E-state index contributed by atoms with van der Waals surface area (Å²) in [7, 11) is 2.87. The molecule has 4 N–H and O–H groups in total. The molecule has 0 radical (unpaired) electrons. The summed E-state index contributed by atoms with van der Waals surface area (Å²) in [6, 6.07) is 14.0. The van der Waals surface area contributed by atoms with Gasteiger partial charge < -0.3 is 30.2 Å². The van der Waals surface area contributed by atoms with Crippen LogP contribution >= 0.6 is 11.6 Å². The van der Waals surface area contributed by atoms with Gasteiger partial charge in [0.05, 0.1) is 47.1 Å². The van der Waals surface area contributed by atoms with E-state index in [-0.39, 0.29) is 27.3 Å². The summed E-state index contributed by atoms with van der Waals surface area (Å²) in [6.07, 6.45) is 3.08. The minimum atomic E-state index is -0.653. The van der Waals surface area contributed by atoms with E-state index in [2.05, 4.69) is 15.3 Å². The van der Waals surface area contributed by atoms with Gasteiger partial charge in [-0.1, -0.05) is 11.6 Å². The second-order valence-corrected chi connectivity index (χ2v) is 8.79. The highest BCUT2D eigenvalue weighted by Gasteiger charge is 2.18. The van der Waals surface area contributed by atoms with Crippen LogP contribution in [-0.2, 0) is 0 Å². The molecule has 5 aromatic rings. The van der Waals surface area contributed by atoms with Crippen LogP contribution in [0.2, 0.25) is 5.02 Å². The van der Waals surface area contributed by atoms with Gasteiger partial charge in [-0.15, -0.1) is 0 Å². The Bertz CT molecular complexity index is 1840. The highest BCUT2D eigenvalue weighted by molar-refractivity contribution is 6.34. The summed E-state index contributed by atoms with van der Waals surface area (Å²) in [6.45, 7) is 0. The van der Waals surface area contributed by atoms with E-state index in [9.17, 15) is 14.4 Å². The fourth-order valence-corrected chi connectivity index (χ4v) is 4.34. The molecule has 0 saturated carbocycles. The molecular formula is C28H21ClN4O6. The highest BCUT2D eigenvalue weighted by atomic mass is 35.5. The molecule has 0 aliphatic carbocycles. The van der Waals surface area contributed by atoms with Gasteiger partial charge in [0.25, 0.3) is 11.8 Å². The third-order valence-corrected chi connectivity index (χ3v) is 6.34. The molecule has 0 aliphatic rings. The Morgan fingerprint density at radius 3 is 2.38 bits per heavy atom. The van der Waals surface area contributed by atoms with Crippen molar-refractivity contribution < 1.29 is 23.8 Å². The first-order chi connectivity index (χ1) is 18.8. The van der Waals surface area contributed by atoms with Crippen molar-refractivity contribution in [3.8, 4) is 23.0 Å². The maximum Gasteiger partial charge on any atom is 0.259 e. The SMILES string of the molecule is COc1cc2nccc(Oc3ccc(NC(=O)c4cc5c(=O)cc[nH]c5cc4OC)c(Cl)c3)c2cc1C(N)=O. The lowest BCUT2D eigenvalue weighted by molar-refractivity contribution is 0.0994. The van der Waals surface area contributed by atoms with Crippen LogP contribution in [-0.4, -0.2) is 36.0 Å². The van der Waals surface area contributed by atoms with Gasteiger partial charge in [0.1, 0.15) is 23.0 Å². The molecular weight excluding hydrogens is 524 g/mol. The number of benzene rings is 3. The maximum atomic E-state index is 13.1. The Labute approximate surface area is 226 Å². The van der Waals surface area contributed by atoms with Gasteiger partial charge in [-0.2, -0.15) is 0 Å². The number of H-pyrrole nitrogens is 1. The number of nitrogens with two attached hydrogens (primary N) is 1. The van der Waals surface area contributed by atoms with Gasteiger partial charge in [-0.25, -0.2) is 0 Å². The van der Waals surface area contributed by atoms with Gasteiger partial charge >= 0.3 is 0 Å². The molecule has 11 heteroatoms. The van der Waals surface area contributed by atoms with Gasteiger partial charge in [-0.3, -0.25) is 19.4 Å². The molecule has 196 valence electrons. The lowest BCUT2D eigenvalue weighted by Crippen LogP contribution is -2.14. The van der Waals surface area contributed by atoms with Crippen LogP contribution in [0.25, 0.3) is 21.8 Å². The molecule has 0 bridgehead atoms. The average molecular weight is 545 g/mol. The van der Waals surface area contributed by atoms with Gasteiger partial charge in [-0.05, 0) is 30.3 Å². The van der Waals surface area contributed by atoms with Crippen molar-refractivity contribution in [1.82, 2.24) is 9.97 Å². The standard InChI is InChI=1S/C28H21ClN4O6/c1-37-25-13-22-16(11-17(25)27(30)35)24(6-8-32-22)39-14-3-4-20(19(29)9-14)33-28(36)18-10-15-21(12-26(18)38-2)31-7-5-23(15)34/h3-13H,1-2H3,(H2,30,35)(H,31,34)(H,33,36). The fraction of sp³-hybridized carbons (Fsp3) is 0.0714. The quantitative estimate of drug-likeness (QED) is 0.264. The van der Waals surface area contributed by atoms with E-state index in [1.165, 1.54) is 38.6 Å². The van der Waals surface area contributed by atoms with E-state index in [0.29, 0.717) is 44.7 Å². The summed E-state index contributed by atoms with van der Waals surface area (Å²) in [5, 5.41) is 3.84. The second kappa shape index (κ2) is 10.3. The number of methoxy groups -OCH3 is 2. The van der Waals surface area contributed by atoms with Crippen molar-refractivity contribution >= 4 is 50.9 Å². The number of hydrogen-bond donors (Lipinski definition) is 3. The number of ether oxygens (including phenoxy) is 3. The fourth-order valence-electron chi connectivity index (χ4n) is 4.12. The molecule has 2 amide bonds. The number of aromatic amines is 1. The van der Waals surface area contributed by atoms with Crippen LogP contribution in [0.1, 0.15) is 20.7 Å². The molecule has 2 heterocycles. The topological polar surface area (TPSA) is 146 Å². The first-order valence-corrected chi connectivity index (χ1v) is 11.9. The molecule has 0 spiro atoms. The number of carbonyl (C=O) groups excluding carboxylic acids is 2. The number of pyridine rings is 2. The molecule has 2 aromatic heterocycles. The Kier molecular flexibility index (Phi) is 6.78. The predicted molar refractivity (Wildman–Crippen MR) is 147 cm³/mol. The van der Waals surface area contributed by atoms with Crippen LogP contribution < -0.4 is 30.7 Å². The van der Waals surface area contributed by atoms with Crippen molar-refractivity contribution in [2.75, 3.05) is 19.5 Å². The van der Waals surface area contributed by atoms with E-state index in [1.807, 2.05) is 0 Å². The van der Waals surface area contributed by atoms with Crippen molar-refractivity contribution in [2.24, 2.45) is 5.73 Å². The van der Waals surface area contributed by atoms with E-state index >= 15 is 0 Å². The van der Waals surface area contributed by atoms with Crippen molar-refractivity contribution in [3.05, 3.63) is 93.4 Å². The van der Waals surface area contributed by atoms with Crippen LogP contribution in [0.15, 0.2) is 71.8 Å². The van der Waals surface area contributed by atoms with E-state index in [1.54, 1.807) is 42.6 Å². The summed E-state index contributed by atoms with van der Waals surface area (Å²) in [5.74, 6) is 0.200. The lowest BCUT2D eigenvalue weighted by atomic mass is 10.1. The van der Waals surface area contributed by atoms with Crippen molar-refractivity contribution in [2.45, 2.75) is 0 Å². The van der Waals surface area contributed by atoms with Crippen LogP contribution in [0.4, 0.5) is 5.69 Å². The second-order valence-electron chi connectivity index (χ2n) is 8.38. The van der Waals surface area contributed by atoms with Crippen LogP contribution in [0.3, 0.4) is 0 Å². The normalized spacial score (nSPS) is 10.8. The van der Waals surface area contributed by atoms with Gasteiger partial charge in [0.15, 0.2) is 5.43 Å². The molecule has 5 rings (SSSR count). The number of carbonyl (C=O) groups is 2. The van der Waals surface area contributed by atoms with Crippen molar-refractivity contribution in [1.29, 1.82) is 0 Å². The minimum absolute atomic E-state index is 0.169. The minimum Gasteiger partial charge on any atom is -0.496 e. The van der Waals surface area contributed by atoms with E-state index in [0.717, 1.165) is 0 Å². The number of aromatic nitrogens is 2. The van der Waals surface area contributed by atoms with Crippen LogP contribution in [0.5, 0.6) is 23.0 Å². The largest absolute Gasteiger partial charge is 0.496 e. The average Bonchev–Trinajstić information content (AvgIpc) is 2.93. The zero-order chi connectivity index (χ0) is 27.7. The molecule has 39 heavy (non-hydrogen) atoms. The Balaban J connectivity index is 1.43. The lowest BCUT2D eigenvalue weighted by Gasteiger charge is -2.14. The number of hydrogen-bond acceptors (Lipinski definition) is 7. The first-order valence-electron chi connectivity index (χ1n) is 11.5. The maximum absolute atomic E-state index is 13.1. The number of amides is 2. The molecule has 0 unspecified atom stereocenters. The first kappa shape index (κ1) is 25.6. The summed E-state index contributed by atoms with van der Waals surface area (Å²) < 4.78 is 16.6. The molecule has 0 saturated heterocycles. The molecule has 0 atom stereocenters. The monoisotopic (exact) mass is 544 g/mol. The molecule has 0 aliphatic heterocycles. The van der Waals surface area contributed by atoms with Crippen molar-refractivity contribution in [3.63, 3.8) is 0 Å². The number of primary amides is 1. The smallest absolute Gasteiger partial charge is 0.259 e. The zero-order valence-electron chi connectivity index (χ0n) is 20.7. The van der Waals surface area contributed by atoms with Gasteiger partial charge in [0, 0.05) is 47.4 Å². The van der Waals surface area contributed by atoms with Gasteiger partial charge in [0.2, 0.25) is 0 Å². The van der Waals surface area contributed by atoms with Crippen LogP contribution in [0, 0.1) is 0 Å². The molecule has 0 fully saturated rings. The third-order valence-electron chi connectivity index (χ3n) is 6.03. The third kappa shape index (κ3) is 4.92. The van der Waals surface area contributed by atoms with E-state index < -0.39 is 11.8 Å². The number of nitrogens with one attached hydrogen (secondary N) is 2.